The second-order valence-corrected chi connectivity index (χ2v) is 5.79. The summed E-state index contributed by atoms with van der Waals surface area (Å²) in [5.74, 6) is 0.704. The van der Waals surface area contributed by atoms with Crippen molar-refractivity contribution < 1.29 is 4.42 Å². The first-order chi connectivity index (χ1) is 11.5. The van der Waals surface area contributed by atoms with Gasteiger partial charge in [0, 0.05) is 19.3 Å². The molecule has 3 rings (SSSR count). The zero-order chi connectivity index (χ0) is 17.3. The van der Waals surface area contributed by atoms with Crippen LogP contribution in [-0.2, 0) is 20.0 Å². The number of furan rings is 1. The third kappa shape index (κ3) is 2.84. The number of aryl methyl sites for hydroxylation is 2. The summed E-state index contributed by atoms with van der Waals surface area (Å²) >= 11 is 0. The fourth-order valence-corrected chi connectivity index (χ4v) is 2.81. The molecule has 126 valence electrons. The minimum absolute atomic E-state index is 0.330. The maximum absolute atomic E-state index is 11.8. The van der Waals surface area contributed by atoms with Crippen molar-refractivity contribution in [2.75, 3.05) is 17.2 Å². The summed E-state index contributed by atoms with van der Waals surface area (Å²) in [6, 6.07) is 3.58. The van der Waals surface area contributed by atoms with E-state index in [1.807, 2.05) is 25.6 Å². The van der Waals surface area contributed by atoms with E-state index in [-0.39, 0.29) is 0 Å². The molecule has 0 aliphatic carbocycles. The maximum atomic E-state index is 11.8. The molecule has 0 bridgehead atoms. The molecule has 0 radical (unpaired) electrons. The van der Waals surface area contributed by atoms with Crippen LogP contribution >= 0.6 is 0 Å². The molecule has 0 spiro atoms. The molecule has 2 aromatic heterocycles. The Morgan fingerprint density at radius 1 is 1.17 bits per heavy atom. The molecule has 3 aromatic rings. The van der Waals surface area contributed by atoms with Gasteiger partial charge in [-0.15, -0.1) is 0 Å². The third-order valence-corrected chi connectivity index (χ3v) is 4.27. The van der Waals surface area contributed by atoms with E-state index >= 15 is 0 Å². The molecule has 0 amide bonds. The molecule has 0 atom stereocenters. The van der Waals surface area contributed by atoms with E-state index in [9.17, 15) is 9.59 Å². The standard InChI is InChI=1S/C17H20N4O3/c1-10-13(11(2)21(3)20-10)6-7-18-14-15(17(23)16(14)22)19-9-12-5-4-8-24-12/h4-5,8,18-19H,6-7,9H2,1-3H3. The molecule has 0 unspecified atom stereocenters. The smallest absolute Gasteiger partial charge is 0.253 e. The average molecular weight is 328 g/mol. The fraction of sp³-hybridized carbons (Fsp3) is 0.353. The normalized spacial score (nSPS) is 11.1. The lowest BCUT2D eigenvalue weighted by Gasteiger charge is -2.14. The predicted octanol–water partition coefficient (Wildman–Crippen LogP) is 1.49. The van der Waals surface area contributed by atoms with E-state index in [0.717, 1.165) is 23.4 Å². The van der Waals surface area contributed by atoms with Crippen LogP contribution in [0.15, 0.2) is 32.4 Å². The second-order valence-electron chi connectivity index (χ2n) is 5.79. The summed E-state index contributed by atoms with van der Waals surface area (Å²) in [6.07, 6.45) is 2.30. The summed E-state index contributed by atoms with van der Waals surface area (Å²) in [4.78, 5) is 23.5. The Labute approximate surface area is 139 Å². The van der Waals surface area contributed by atoms with Crippen LogP contribution in [-0.4, -0.2) is 16.3 Å². The molecule has 0 saturated heterocycles. The largest absolute Gasteiger partial charge is 0.467 e. The lowest BCUT2D eigenvalue weighted by atomic mass is 10.1. The van der Waals surface area contributed by atoms with Gasteiger partial charge in [0.25, 0.3) is 10.9 Å². The van der Waals surface area contributed by atoms with Gasteiger partial charge >= 0.3 is 0 Å². The molecule has 7 heteroatoms. The van der Waals surface area contributed by atoms with Crippen LogP contribution < -0.4 is 21.5 Å². The van der Waals surface area contributed by atoms with Gasteiger partial charge in [-0.05, 0) is 38.0 Å². The Hall–Kier alpha value is -2.83. The summed E-state index contributed by atoms with van der Waals surface area (Å²) < 4.78 is 7.05. The van der Waals surface area contributed by atoms with Crippen LogP contribution in [0.3, 0.4) is 0 Å². The highest BCUT2D eigenvalue weighted by Gasteiger charge is 2.20. The van der Waals surface area contributed by atoms with Crippen LogP contribution in [0.25, 0.3) is 0 Å². The molecule has 0 fully saturated rings. The van der Waals surface area contributed by atoms with E-state index in [2.05, 4.69) is 15.7 Å². The Kier molecular flexibility index (Phi) is 4.24. The first kappa shape index (κ1) is 16.0. The summed E-state index contributed by atoms with van der Waals surface area (Å²) in [5, 5.41) is 10.4. The molecule has 1 aromatic carbocycles. The van der Waals surface area contributed by atoms with Gasteiger partial charge in [-0.1, -0.05) is 0 Å². The maximum Gasteiger partial charge on any atom is 0.253 e. The molecule has 2 heterocycles. The van der Waals surface area contributed by atoms with E-state index < -0.39 is 10.9 Å². The zero-order valence-corrected chi connectivity index (χ0v) is 14.0. The summed E-state index contributed by atoms with van der Waals surface area (Å²) in [6.45, 7) is 4.92. The summed E-state index contributed by atoms with van der Waals surface area (Å²) in [7, 11) is 1.91. The second kappa shape index (κ2) is 6.35. The van der Waals surface area contributed by atoms with Crippen molar-refractivity contribution in [2.24, 2.45) is 7.05 Å². The Morgan fingerprint density at radius 2 is 1.88 bits per heavy atom. The average Bonchev–Trinajstić information content (AvgIpc) is 3.16. The Bertz CT molecular complexity index is 915. The topological polar surface area (TPSA) is 89.2 Å². The number of anilines is 2. The number of rotatable bonds is 7. The van der Waals surface area contributed by atoms with Gasteiger partial charge < -0.3 is 15.1 Å². The van der Waals surface area contributed by atoms with Crippen molar-refractivity contribution in [1.82, 2.24) is 9.78 Å². The highest BCUT2D eigenvalue weighted by Crippen LogP contribution is 2.17. The first-order valence-corrected chi connectivity index (χ1v) is 7.81. The number of nitrogens with one attached hydrogen (secondary N) is 2. The van der Waals surface area contributed by atoms with E-state index in [4.69, 9.17) is 4.42 Å². The first-order valence-electron chi connectivity index (χ1n) is 7.81. The Morgan fingerprint density at radius 3 is 2.46 bits per heavy atom. The zero-order valence-electron chi connectivity index (χ0n) is 14.0. The van der Waals surface area contributed by atoms with Crippen LogP contribution in [0.1, 0.15) is 22.7 Å². The van der Waals surface area contributed by atoms with E-state index in [1.54, 1.807) is 18.4 Å². The monoisotopic (exact) mass is 328 g/mol. The van der Waals surface area contributed by atoms with Crippen molar-refractivity contribution in [3.8, 4) is 0 Å². The molecule has 0 aliphatic heterocycles. The lowest BCUT2D eigenvalue weighted by Crippen LogP contribution is -2.37. The predicted molar refractivity (Wildman–Crippen MR) is 92.3 cm³/mol. The summed E-state index contributed by atoms with van der Waals surface area (Å²) in [5.41, 5.74) is 2.97. The molecule has 2 N–H and O–H groups in total. The molecule has 7 nitrogen and oxygen atoms in total. The van der Waals surface area contributed by atoms with Crippen LogP contribution in [0.4, 0.5) is 11.4 Å². The van der Waals surface area contributed by atoms with Crippen molar-refractivity contribution in [2.45, 2.75) is 26.8 Å². The van der Waals surface area contributed by atoms with Crippen LogP contribution in [0.2, 0.25) is 0 Å². The lowest BCUT2D eigenvalue weighted by molar-refractivity contribution is 0.518. The number of nitrogens with zero attached hydrogens (tertiary/aromatic N) is 2. The quantitative estimate of drug-likeness (QED) is 0.639. The number of hydrogen-bond donors (Lipinski definition) is 2. The molecule has 0 aliphatic rings. The van der Waals surface area contributed by atoms with Gasteiger partial charge in [0.05, 0.1) is 18.5 Å². The van der Waals surface area contributed by atoms with Crippen LogP contribution in [0.5, 0.6) is 0 Å². The van der Waals surface area contributed by atoms with Crippen LogP contribution in [0, 0.1) is 13.8 Å². The Balaban J connectivity index is 1.62. The van der Waals surface area contributed by atoms with Gasteiger partial charge in [0.1, 0.15) is 17.1 Å². The number of hydrogen-bond acceptors (Lipinski definition) is 6. The third-order valence-electron chi connectivity index (χ3n) is 4.27. The minimum atomic E-state index is -0.488. The van der Waals surface area contributed by atoms with E-state index in [1.165, 1.54) is 0 Å². The molecular weight excluding hydrogens is 308 g/mol. The fourth-order valence-electron chi connectivity index (χ4n) is 2.81. The minimum Gasteiger partial charge on any atom is -0.467 e. The SMILES string of the molecule is Cc1nn(C)c(C)c1CCNc1c(NCc2ccco2)c(=O)c1=O. The highest BCUT2D eigenvalue weighted by molar-refractivity contribution is 5.73. The van der Waals surface area contributed by atoms with Crippen molar-refractivity contribution in [3.63, 3.8) is 0 Å². The van der Waals surface area contributed by atoms with Gasteiger partial charge in [-0.3, -0.25) is 14.3 Å². The number of aromatic nitrogens is 2. The van der Waals surface area contributed by atoms with Gasteiger partial charge in [0.2, 0.25) is 0 Å². The van der Waals surface area contributed by atoms with Gasteiger partial charge in [-0.25, -0.2) is 0 Å². The van der Waals surface area contributed by atoms with Gasteiger partial charge in [0.15, 0.2) is 0 Å². The van der Waals surface area contributed by atoms with E-state index in [0.29, 0.717) is 30.2 Å². The highest BCUT2D eigenvalue weighted by atomic mass is 16.3. The molecule has 24 heavy (non-hydrogen) atoms. The van der Waals surface area contributed by atoms with Gasteiger partial charge in [-0.2, -0.15) is 5.10 Å². The molecule has 0 saturated carbocycles. The molecular formula is C17H20N4O3. The van der Waals surface area contributed by atoms with Crippen molar-refractivity contribution in [1.29, 1.82) is 0 Å². The van der Waals surface area contributed by atoms with Crippen molar-refractivity contribution >= 4 is 11.4 Å². The van der Waals surface area contributed by atoms with Crippen molar-refractivity contribution in [3.05, 3.63) is 61.6 Å².